The highest BCUT2D eigenvalue weighted by molar-refractivity contribution is 7.12. The highest BCUT2D eigenvalue weighted by Crippen LogP contribution is 2.22. The molecule has 9 heteroatoms. The lowest BCUT2D eigenvalue weighted by Crippen LogP contribution is -2.22. The van der Waals surface area contributed by atoms with Gasteiger partial charge in [-0.1, -0.05) is 6.07 Å². The van der Waals surface area contributed by atoms with Gasteiger partial charge in [-0.25, -0.2) is 19.6 Å². The van der Waals surface area contributed by atoms with Crippen molar-refractivity contribution in [3.63, 3.8) is 0 Å². The molecule has 0 radical (unpaired) electrons. The Labute approximate surface area is 128 Å². The van der Waals surface area contributed by atoms with E-state index in [1.54, 1.807) is 17.5 Å². The minimum Gasteiger partial charge on any atom is -0.464 e. The van der Waals surface area contributed by atoms with Crippen LogP contribution in [0.15, 0.2) is 17.5 Å². The van der Waals surface area contributed by atoms with Crippen molar-refractivity contribution in [2.45, 2.75) is 0 Å². The van der Waals surface area contributed by atoms with Crippen molar-refractivity contribution in [3.05, 3.63) is 39.3 Å². The monoisotopic (exact) mass is 321 g/mol. The Kier molecular flexibility index (Phi) is 4.47. The van der Waals surface area contributed by atoms with Gasteiger partial charge in [-0.15, -0.1) is 11.3 Å². The molecule has 0 spiro atoms. The average molecular weight is 321 g/mol. The standard InChI is InChI=1S/C13H11N3O5S/c1-20-11(18)8-7(10(17)6-4-3-5-22-6)9(12(19)21-2)16-13(14)15-8/h3-5H,1-2H3,(H2,14,15,16). The Morgan fingerprint density at radius 2 is 1.64 bits per heavy atom. The number of carbonyl (C=O) groups excluding carboxylic acids is 3. The van der Waals surface area contributed by atoms with Gasteiger partial charge in [-0.2, -0.15) is 0 Å². The topological polar surface area (TPSA) is 121 Å². The van der Waals surface area contributed by atoms with E-state index in [2.05, 4.69) is 19.4 Å². The van der Waals surface area contributed by atoms with E-state index >= 15 is 0 Å². The molecule has 0 fully saturated rings. The van der Waals surface area contributed by atoms with E-state index in [9.17, 15) is 14.4 Å². The van der Waals surface area contributed by atoms with E-state index in [1.807, 2.05) is 0 Å². The Morgan fingerprint density at radius 1 is 1.09 bits per heavy atom. The normalized spacial score (nSPS) is 10.1. The maximum Gasteiger partial charge on any atom is 0.357 e. The zero-order valence-electron chi connectivity index (χ0n) is 11.7. The van der Waals surface area contributed by atoms with Crippen LogP contribution in [0.5, 0.6) is 0 Å². The Bertz CT molecular complexity index is 705. The molecule has 0 saturated heterocycles. The van der Waals surface area contributed by atoms with Crippen LogP contribution in [-0.4, -0.2) is 41.9 Å². The van der Waals surface area contributed by atoms with Crippen molar-refractivity contribution >= 4 is 35.0 Å². The largest absolute Gasteiger partial charge is 0.464 e. The number of nitrogens with zero attached hydrogens (tertiary/aromatic N) is 2. The van der Waals surface area contributed by atoms with Gasteiger partial charge >= 0.3 is 11.9 Å². The van der Waals surface area contributed by atoms with Crippen molar-refractivity contribution in [1.82, 2.24) is 9.97 Å². The maximum atomic E-state index is 12.6. The number of thiophene rings is 1. The third-order valence-electron chi connectivity index (χ3n) is 2.66. The number of nitrogens with two attached hydrogens (primary N) is 1. The quantitative estimate of drug-likeness (QED) is 0.652. The van der Waals surface area contributed by atoms with Gasteiger partial charge in [0.25, 0.3) is 0 Å². The number of nitrogen functional groups attached to an aromatic ring is 1. The van der Waals surface area contributed by atoms with Crippen LogP contribution >= 0.6 is 11.3 Å². The summed E-state index contributed by atoms with van der Waals surface area (Å²) in [6.45, 7) is 0. The zero-order chi connectivity index (χ0) is 16.3. The fourth-order valence-electron chi connectivity index (χ4n) is 1.71. The molecule has 0 unspecified atom stereocenters. The van der Waals surface area contributed by atoms with Gasteiger partial charge in [0.2, 0.25) is 11.7 Å². The van der Waals surface area contributed by atoms with Crippen molar-refractivity contribution in [2.24, 2.45) is 0 Å². The Morgan fingerprint density at radius 3 is 2.05 bits per heavy atom. The molecule has 0 aromatic carbocycles. The van der Waals surface area contributed by atoms with Crippen LogP contribution in [0.4, 0.5) is 5.95 Å². The van der Waals surface area contributed by atoms with Crippen LogP contribution in [0.3, 0.4) is 0 Å². The minimum atomic E-state index is -0.904. The first kappa shape index (κ1) is 15.6. The van der Waals surface area contributed by atoms with Crippen LogP contribution in [0.25, 0.3) is 0 Å². The summed E-state index contributed by atoms with van der Waals surface area (Å²) >= 11 is 1.15. The molecule has 0 aliphatic heterocycles. The molecule has 0 aliphatic carbocycles. The molecule has 0 saturated carbocycles. The predicted molar refractivity (Wildman–Crippen MR) is 76.9 cm³/mol. The summed E-state index contributed by atoms with van der Waals surface area (Å²) in [6.07, 6.45) is 0. The number of anilines is 1. The van der Waals surface area contributed by atoms with E-state index in [4.69, 9.17) is 5.73 Å². The molecule has 22 heavy (non-hydrogen) atoms. The summed E-state index contributed by atoms with van der Waals surface area (Å²) in [7, 11) is 2.25. The molecular formula is C13H11N3O5S. The molecule has 114 valence electrons. The van der Waals surface area contributed by atoms with Crippen molar-refractivity contribution < 1.29 is 23.9 Å². The van der Waals surface area contributed by atoms with Crippen molar-refractivity contribution in [3.8, 4) is 0 Å². The lowest BCUT2D eigenvalue weighted by atomic mass is 10.0. The number of aromatic nitrogens is 2. The summed E-state index contributed by atoms with van der Waals surface area (Å²) in [6, 6.07) is 3.21. The highest BCUT2D eigenvalue weighted by Gasteiger charge is 2.30. The van der Waals surface area contributed by atoms with Crippen LogP contribution < -0.4 is 5.73 Å². The summed E-state index contributed by atoms with van der Waals surface area (Å²) in [5.41, 5.74) is 4.43. The van der Waals surface area contributed by atoms with Crippen LogP contribution in [0.1, 0.15) is 36.2 Å². The van der Waals surface area contributed by atoms with Gasteiger partial charge in [0.15, 0.2) is 11.4 Å². The lowest BCUT2D eigenvalue weighted by Gasteiger charge is -2.10. The molecule has 0 aliphatic rings. The molecule has 2 heterocycles. The first-order valence-electron chi connectivity index (χ1n) is 5.92. The third-order valence-corrected chi connectivity index (χ3v) is 3.52. The highest BCUT2D eigenvalue weighted by atomic mass is 32.1. The van der Waals surface area contributed by atoms with E-state index in [0.717, 1.165) is 25.6 Å². The number of methoxy groups -OCH3 is 2. The predicted octanol–water partition coefficient (Wildman–Crippen LogP) is 0.924. The lowest BCUT2D eigenvalue weighted by molar-refractivity contribution is 0.0583. The summed E-state index contributed by atoms with van der Waals surface area (Å²) in [4.78, 5) is 44.0. The van der Waals surface area contributed by atoms with Crippen LogP contribution in [-0.2, 0) is 9.47 Å². The van der Waals surface area contributed by atoms with Gasteiger partial charge in [0, 0.05) is 0 Å². The molecule has 8 nitrogen and oxygen atoms in total. The second kappa shape index (κ2) is 6.31. The summed E-state index contributed by atoms with van der Waals surface area (Å²) < 4.78 is 9.16. The molecule has 2 aromatic heterocycles. The second-order valence-electron chi connectivity index (χ2n) is 3.94. The molecule has 2 rings (SSSR count). The number of carbonyl (C=O) groups is 3. The zero-order valence-corrected chi connectivity index (χ0v) is 12.5. The molecule has 2 aromatic rings. The Hall–Kier alpha value is -2.81. The van der Waals surface area contributed by atoms with Gasteiger partial charge in [-0.3, -0.25) is 4.79 Å². The SMILES string of the molecule is COC(=O)c1nc(N)nc(C(=O)OC)c1C(=O)c1cccs1. The van der Waals surface area contributed by atoms with E-state index < -0.39 is 17.7 Å². The number of ketones is 1. The number of hydrogen-bond acceptors (Lipinski definition) is 9. The van der Waals surface area contributed by atoms with Crippen molar-refractivity contribution in [2.75, 3.05) is 20.0 Å². The van der Waals surface area contributed by atoms with E-state index in [1.165, 1.54) is 0 Å². The van der Waals surface area contributed by atoms with Crippen LogP contribution in [0.2, 0.25) is 0 Å². The number of rotatable bonds is 4. The average Bonchev–Trinajstić information content (AvgIpc) is 3.06. The van der Waals surface area contributed by atoms with Crippen molar-refractivity contribution in [1.29, 1.82) is 0 Å². The first-order chi connectivity index (χ1) is 10.5. The van der Waals surface area contributed by atoms with Gasteiger partial charge in [0.1, 0.15) is 0 Å². The summed E-state index contributed by atoms with van der Waals surface area (Å²) in [5.74, 6) is -2.74. The fraction of sp³-hybridized carbons (Fsp3) is 0.154. The molecule has 0 atom stereocenters. The van der Waals surface area contributed by atoms with Gasteiger partial charge in [0.05, 0.1) is 24.7 Å². The smallest absolute Gasteiger partial charge is 0.357 e. The summed E-state index contributed by atoms with van der Waals surface area (Å²) in [5, 5.41) is 1.68. The number of esters is 2. The maximum absolute atomic E-state index is 12.6. The van der Waals surface area contributed by atoms with Gasteiger partial charge < -0.3 is 15.2 Å². The molecular weight excluding hydrogens is 310 g/mol. The fourth-order valence-corrected chi connectivity index (χ4v) is 2.38. The third kappa shape index (κ3) is 2.79. The number of hydrogen-bond donors (Lipinski definition) is 1. The van der Waals surface area contributed by atoms with Crippen LogP contribution in [0, 0.1) is 0 Å². The van der Waals surface area contributed by atoms with Gasteiger partial charge in [-0.05, 0) is 11.4 Å². The minimum absolute atomic E-state index is 0.296. The second-order valence-corrected chi connectivity index (χ2v) is 4.89. The molecule has 0 bridgehead atoms. The van der Waals surface area contributed by atoms with E-state index in [-0.39, 0.29) is 22.9 Å². The number of ether oxygens (including phenoxy) is 2. The molecule has 2 N–H and O–H groups in total. The first-order valence-corrected chi connectivity index (χ1v) is 6.80. The van der Waals surface area contributed by atoms with E-state index in [0.29, 0.717) is 4.88 Å². The molecule has 0 amide bonds. The Balaban J connectivity index is 2.74.